The molecule has 86 valence electrons. The van der Waals surface area contributed by atoms with Gasteiger partial charge in [0.05, 0.1) is 26.4 Å². The number of hydrogen-bond donors (Lipinski definition) is 1. The standard InChI is InChI=1S/C11H19NO3/c1-9-10(8-14-5-4-13-3)6-11(15-9)7-12-2/h6,12H,4-5,7-8H2,1-3H3. The summed E-state index contributed by atoms with van der Waals surface area (Å²) in [6.07, 6.45) is 0. The van der Waals surface area contributed by atoms with Crippen molar-refractivity contribution in [1.82, 2.24) is 5.32 Å². The normalized spacial score (nSPS) is 10.9. The average molecular weight is 213 g/mol. The van der Waals surface area contributed by atoms with E-state index in [2.05, 4.69) is 5.32 Å². The van der Waals surface area contributed by atoms with Crippen LogP contribution in [0, 0.1) is 6.92 Å². The number of methoxy groups -OCH3 is 1. The molecule has 0 fully saturated rings. The maximum absolute atomic E-state index is 5.54. The summed E-state index contributed by atoms with van der Waals surface area (Å²) in [5.41, 5.74) is 1.11. The molecule has 0 aromatic carbocycles. The third-order valence-electron chi connectivity index (χ3n) is 2.11. The van der Waals surface area contributed by atoms with Crippen molar-refractivity contribution in [3.05, 3.63) is 23.2 Å². The van der Waals surface area contributed by atoms with Gasteiger partial charge in [0.15, 0.2) is 0 Å². The lowest BCUT2D eigenvalue weighted by Crippen LogP contribution is -2.03. The maximum atomic E-state index is 5.54. The van der Waals surface area contributed by atoms with Crippen molar-refractivity contribution < 1.29 is 13.9 Å². The summed E-state index contributed by atoms with van der Waals surface area (Å²) in [7, 11) is 3.56. The highest BCUT2D eigenvalue weighted by molar-refractivity contribution is 5.19. The van der Waals surface area contributed by atoms with Crippen molar-refractivity contribution in [3.8, 4) is 0 Å². The summed E-state index contributed by atoms with van der Waals surface area (Å²) in [6, 6.07) is 2.03. The Morgan fingerprint density at radius 1 is 1.40 bits per heavy atom. The van der Waals surface area contributed by atoms with Crippen LogP contribution in [0.2, 0.25) is 0 Å². The van der Waals surface area contributed by atoms with Gasteiger partial charge in [0.2, 0.25) is 0 Å². The quantitative estimate of drug-likeness (QED) is 0.697. The summed E-state index contributed by atoms with van der Waals surface area (Å²) in [6.45, 7) is 4.53. The molecule has 0 amide bonds. The molecule has 0 saturated heterocycles. The van der Waals surface area contributed by atoms with E-state index in [1.54, 1.807) is 7.11 Å². The minimum absolute atomic E-state index is 0.586. The van der Waals surface area contributed by atoms with Crippen molar-refractivity contribution in [3.63, 3.8) is 0 Å². The van der Waals surface area contributed by atoms with Crippen molar-refractivity contribution in [2.24, 2.45) is 0 Å². The molecular formula is C11H19NO3. The second-order valence-corrected chi connectivity index (χ2v) is 3.37. The van der Waals surface area contributed by atoms with E-state index in [0.29, 0.717) is 19.8 Å². The number of ether oxygens (including phenoxy) is 2. The first-order valence-corrected chi connectivity index (χ1v) is 5.07. The maximum Gasteiger partial charge on any atom is 0.118 e. The van der Waals surface area contributed by atoms with Crippen LogP contribution in [0.5, 0.6) is 0 Å². The molecule has 0 saturated carbocycles. The van der Waals surface area contributed by atoms with Crippen LogP contribution < -0.4 is 5.32 Å². The molecule has 1 aromatic rings. The van der Waals surface area contributed by atoms with E-state index in [0.717, 1.165) is 23.6 Å². The molecule has 1 N–H and O–H groups in total. The zero-order valence-corrected chi connectivity index (χ0v) is 9.63. The Morgan fingerprint density at radius 3 is 2.87 bits per heavy atom. The number of furan rings is 1. The summed E-state index contributed by atoms with van der Waals surface area (Å²) in [5.74, 6) is 1.87. The highest BCUT2D eigenvalue weighted by Gasteiger charge is 2.06. The van der Waals surface area contributed by atoms with Crippen molar-refractivity contribution >= 4 is 0 Å². The number of aryl methyl sites for hydroxylation is 1. The van der Waals surface area contributed by atoms with E-state index in [1.165, 1.54) is 0 Å². The van der Waals surface area contributed by atoms with Crippen LogP contribution >= 0.6 is 0 Å². The molecule has 15 heavy (non-hydrogen) atoms. The molecular weight excluding hydrogens is 194 g/mol. The monoisotopic (exact) mass is 213 g/mol. The van der Waals surface area contributed by atoms with E-state index in [4.69, 9.17) is 13.9 Å². The molecule has 0 aliphatic heterocycles. The topological polar surface area (TPSA) is 43.6 Å². The predicted molar refractivity (Wildman–Crippen MR) is 57.7 cm³/mol. The van der Waals surface area contributed by atoms with Crippen LogP contribution in [0.15, 0.2) is 10.5 Å². The Bertz CT molecular complexity index is 283. The van der Waals surface area contributed by atoms with Gasteiger partial charge < -0.3 is 19.2 Å². The van der Waals surface area contributed by atoms with Gasteiger partial charge in [0, 0.05) is 12.7 Å². The minimum atomic E-state index is 0.586. The van der Waals surface area contributed by atoms with Gasteiger partial charge in [-0.15, -0.1) is 0 Å². The van der Waals surface area contributed by atoms with Gasteiger partial charge in [-0.2, -0.15) is 0 Å². The molecule has 1 rings (SSSR count). The molecule has 0 unspecified atom stereocenters. The second-order valence-electron chi connectivity index (χ2n) is 3.37. The van der Waals surface area contributed by atoms with Gasteiger partial charge in [-0.25, -0.2) is 0 Å². The molecule has 1 aromatic heterocycles. The lowest BCUT2D eigenvalue weighted by atomic mass is 10.2. The number of rotatable bonds is 7. The van der Waals surface area contributed by atoms with E-state index in [-0.39, 0.29) is 0 Å². The van der Waals surface area contributed by atoms with Crippen LogP contribution in [-0.4, -0.2) is 27.4 Å². The van der Waals surface area contributed by atoms with Gasteiger partial charge in [0.25, 0.3) is 0 Å². The second kappa shape index (κ2) is 6.61. The van der Waals surface area contributed by atoms with Crippen LogP contribution in [0.3, 0.4) is 0 Å². The van der Waals surface area contributed by atoms with Crippen molar-refractivity contribution in [2.45, 2.75) is 20.1 Å². The van der Waals surface area contributed by atoms with Gasteiger partial charge in [-0.3, -0.25) is 0 Å². The molecule has 0 radical (unpaired) electrons. The van der Waals surface area contributed by atoms with E-state index in [9.17, 15) is 0 Å². The van der Waals surface area contributed by atoms with Gasteiger partial charge in [0.1, 0.15) is 11.5 Å². The number of hydrogen-bond acceptors (Lipinski definition) is 4. The fourth-order valence-corrected chi connectivity index (χ4v) is 1.32. The zero-order valence-electron chi connectivity index (χ0n) is 9.63. The molecule has 0 aliphatic rings. The Balaban J connectivity index is 2.39. The summed E-state index contributed by atoms with van der Waals surface area (Å²) < 4.78 is 15.9. The third-order valence-corrected chi connectivity index (χ3v) is 2.11. The molecule has 0 spiro atoms. The first kappa shape index (κ1) is 12.2. The Morgan fingerprint density at radius 2 is 2.20 bits per heavy atom. The smallest absolute Gasteiger partial charge is 0.118 e. The minimum Gasteiger partial charge on any atom is -0.465 e. The lowest BCUT2D eigenvalue weighted by Gasteiger charge is -2.01. The van der Waals surface area contributed by atoms with Crippen molar-refractivity contribution in [1.29, 1.82) is 0 Å². The number of nitrogens with one attached hydrogen (secondary N) is 1. The van der Waals surface area contributed by atoms with Gasteiger partial charge in [-0.05, 0) is 20.0 Å². The fraction of sp³-hybridized carbons (Fsp3) is 0.636. The van der Waals surface area contributed by atoms with Crippen LogP contribution in [0.4, 0.5) is 0 Å². The molecule has 0 bridgehead atoms. The third kappa shape index (κ3) is 4.03. The average Bonchev–Trinajstić information content (AvgIpc) is 2.55. The zero-order chi connectivity index (χ0) is 11.1. The Labute approximate surface area is 90.6 Å². The summed E-state index contributed by atoms with van der Waals surface area (Å²) >= 11 is 0. The first-order valence-electron chi connectivity index (χ1n) is 5.07. The van der Waals surface area contributed by atoms with Crippen LogP contribution in [0.1, 0.15) is 17.1 Å². The lowest BCUT2D eigenvalue weighted by molar-refractivity contribution is 0.0611. The molecule has 0 atom stereocenters. The van der Waals surface area contributed by atoms with E-state index >= 15 is 0 Å². The van der Waals surface area contributed by atoms with E-state index < -0.39 is 0 Å². The molecule has 1 heterocycles. The molecule has 0 aliphatic carbocycles. The molecule has 4 nitrogen and oxygen atoms in total. The van der Waals surface area contributed by atoms with Crippen LogP contribution in [0.25, 0.3) is 0 Å². The first-order chi connectivity index (χ1) is 7.27. The highest BCUT2D eigenvalue weighted by atomic mass is 16.5. The van der Waals surface area contributed by atoms with Gasteiger partial charge in [-0.1, -0.05) is 0 Å². The van der Waals surface area contributed by atoms with Crippen LogP contribution in [-0.2, 0) is 22.6 Å². The largest absolute Gasteiger partial charge is 0.465 e. The molecule has 4 heteroatoms. The van der Waals surface area contributed by atoms with E-state index in [1.807, 2.05) is 20.0 Å². The van der Waals surface area contributed by atoms with Gasteiger partial charge >= 0.3 is 0 Å². The van der Waals surface area contributed by atoms with Crippen molar-refractivity contribution in [2.75, 3.05) is 27.4 Å². The summed E-state index contributed by atoms with van der Waals surface area (Å²) in [4.78, 5) is 0. The predicted octanol–water partition coefficient (Wildman–Crippen LogP) is 1.47. The Hall–Kier alpha value is -0.840. The highest BCUT2D eigenvalue weighted by Crippen LogP contribution is 2.15. The SMILES string of the molecule is CNCc1cc(COCCOC)c(C)o1. The Kier molecular flexibility index (Phi) is 5.39. The fourth-order valence-electron chi connectivity index (χ4n) is 1.32. The summed E-state index contributed by atoms with van der Waals surface area (Å²) in [5, 5.41) is 3.05.